The molecule has 0 amide bonds. The molecule has 1 aromatic rings. The fourth-order valence-corrected chi connectivity index (χ4v) is 4.06. The Morgan fingerprint density at radius 3 is 2.95 bits per heavy atom. The van der Waals surface area contributed by atoms with Gasteiger partial charge in [0, 0.05) is 11.3 Å². The molecule has 1 atom stereocenters. The predicted octanol–water partition coefficient (Wildman–Crippen LogP) is 2.59. The van der Waals surface area contributed by atoms with Crippen molar-refractivity contribution in [2.75, 3.05) is 0 Å². The summed E-state index contributed by atoms with van der Waals surface area (Å²) >= 11 is 7.20. The summed E-state index contributed by atoms with van der Waals surface area (Å²) in [6.07, 6.45) is 7.65. The van der Waals surface area contributed by atoms with Crippen molar-refractivity contribution in [3.05, 3.63) is 39.6 Å². The molecule has 21 heavy (non-hydrogen) atoms. The van der Waals surface area contributed by atoms with Crippen LogP contribution >= 0.6 is 23.6 Å². The first-order valence-corrected chi connectivity index (χ1v) is 8.07. The highest BCUT2D eigenvalue weighted by atomic mass is 32.1. The first-order valence-electron chi connectivity index (χ1n) is 6.84. The zero-order valence-electron chi connectivity index (χ0n) is 11.8. The maximum absolute atomic E-state index is 6.01. The van der Waals surface area contributed by atoms with Crippen molar-refractivity contribution in [3.63, 3.8) is 0 Å². The number of allylic oxidation sites excluding steroid dienone is 2. The van der Waals surface area contributed by atoms with Crippen LogP contribution < -0.4 is 16.2 Å². The summed E-state index contributed by atoms with van der Waals surface area (Å²) in [6, 6.07) is 0. The van der Waals surface area contributed by atoms with Gasteiger partial charge < -0.3 is 16.2 Å². The first kappa shape index (κ1) is 14.4. The molecule has 0 saturated heterocycles. The lowest BCUT2D eigenvalue weighted by molar-refractivity contribution is 0.459. The third-order valence-corrected chi connectivity index (χ3v) is 5.20. The lowest BCUT2D eigenvalue weighted by Crippen LogP contribution is -2.20. The average molecular weight is 319 g/mol. The second-order valence-corrected chi connectivity index (χ2v) is 6.71. The number of thiocarbonyl (C=S) groups is 1. The van der Waals surface area contributed by atoms with Crippen LogP contribution in [0.1, 0.15) is 28.8 Å². The van der Waals surface area contributed by atoms with E-state index < -0.39 is 0 Å². The molecule has 1 aromatic heterocycles. The maximum atomic E-state index is 6.01. The van der Waals surface area contributed by atoms with Gasteiger partial charge in [0.1, 0.15) is 11.9 Å². The Hall–Kier alpha value is -1.50. The number of hydrogen-bond acceptors (Lipinski definition) is 6. The molecular weight excluding hydrogens is 302 g/mol. The predicted molar refractivity (Wildman–Crippen MR) is 91.1 cm³/mol. The molecule has 0 spiro atoms. The Balaban J connectivity index is 1.95. The zero-order valence-corrected chi connectivity index (χ0v) is 13.4. The highest BCUT2D eigenvalue weighted by Gasteiger charge is 2.27. The van der Waals surface area contributed by atoms with Crippen LogP contribution in [0.25, 0.3) is 0 Å². The third-order valence-electron chi connectivity index (χ3n) is 3.71. The van der Waals surface area contributed by atoms with E-state index in [-0.39, 0.29) is 6.17 Å². The number of nitrogens with two attached hydrogens (primary N) is 2. The number of aryl methyl sites for hydroxylation is 1. The van der Waals surface area contributed by atoms with E-state index in [1.807, 2.05) is 6.08 Å². The Kier molecular flexibility index (Phi) is 3.93. The van der Waals surface area contributed by atoms with Crippen LogP contribution in [0, 0.1) is 6.92 Å². The molecule has 3 rings (SSSR count). The molecule has 4 N–H and O–H groups in total. The van der Waals surface area contributed by atoms with Crippen LogP contribution in [0.2, 0.25) is 0 Å². The molecule has 4 nitrogen and oxygen atoms in total. The van der Waals surface area contributed by atoms with Gasteiger partial charge in [-0.2, -0.15) is 0 Å². The molecule has 1 aliphatic carbocycles. The van der Waals surface area contributed by atoms with Crippen LogP contribution in [0.3, 0.4) is 0 Å². The maximum Gasteiger partial charge on any atom is 0.190 e. The monoisotopic (exact) mass is 319 g/mol. The number of fused-ring (bicyclic) bond motifs is 1. The summed E-state index contributed by atoms with van der Waals surface area (Å²) in [5.74, 6) is 0.729. The fraction of sp³-hybridized carbons (Fsp3) is 0.333. The van der Waals surface area contributed by atoms with E-state index in [0.29, 0.717) is 6.42 Å². The Bertz CT molecular complexity index is 685. The number of hydrogen-bond donors (Lipinski definition) is 2. The molecule has 2 heterocycles. The summed E-state index contributed by atoms with van der Waals surface area (Å²) in [7, 11) is 0. The van der Waals surface area contributed by atoms with Gasteiger partial charge in [0.05, 0.1) is 16.6 Å². The fourth-order valence-electron chi connectivity index (χ4n) is 2.54. The van der Waals surface area contributed by atoms with Crippen LogP contribution in [0.15, 0.2) is 28.6 Å². The largest absolute Gasteiger partial charge is 0.445 e. The molecule has 6 heteroatoms. The number of rotatable bonds is 2. The van der Waals surface area contributed by atoms with Gasteiger partial charge in [-0.3, -0.25) is 4.99 Å². The van der Waals surface area contributed by atoms with Crippen LogP contribution in [-0.4, -0.2) is 17.2 Å². The molecule has 0 saturated carbocycles. The van der Waals surface area contributed by atoms with Crippen molar-refractivity contribution in [3.8, 4) is 5.06 Å². The normalized spacial score (nSPS) is 23.1. The van der Waals surface area contributed by atoms with Crippen molar-refractivity contribution in [2.45, 2.75) is 32.4 Å². The number of nitrogens with zero attached hydrogens (tertiary/aromatic N) is 1. The minimum atomic E-state index is -0.163. The summed E-state index contributed by atoms with van der Waals surface area (Å²) in [6.45, 7) is 2.11. The summed E-state index contributed by atoms with van der Waals surface area (Å²) in [4.78, 5) is 6.24. The van der Waals surface area contributed by atoms with Gasteiger partial charge in [-0.15, -0.1) is 11.3 Å². The topological polar surface area (TPSA) is 73.6 Å². The average Bonchev–Trinajstić information content (AvgIpc) is 2.79. The standard InChI is InChI=1S/C15H17N3OS2/c1-8-11-4-2-9(6-16)14(20)13(11)15(21-8)19-10-3-5-12(17)18-7-10/h3,6-7,12H,2,4-5,16-17H2,1H3. The van der Waals surface area contributed by atoms with Crippen molar-refractivity contribution in [1.82, 2.24) is 0 Å². The van der Waals surface area contributed by atoms with Gasteiger partial charge in [-0.25, -0.2) is 0 Å². The summed E-state index contributed by atoms with van der Waals surface area (Å²) in [5.41, 5.74) is 14.7. The lowest BCUT2D eigenvalue weighted by atomic mass is 9.90. The van der Waals surface area contributed by atoms with Crippen molar-refractivity contribution in [1.29, 1.82) is 0 Å². The molecule has 0 bridgehead atoms. The van der Waals surface area contributed by atoms with Crippen LogP contribution in [0.4, 0.5) is 0 Å². The van der Waals surface area contributed by atoms with E-state index in [9.17, 15) is 0 Å². The van der Waals surface area contributed by atoms with Crippen molar-refractivity contribution >= 4 is 34.6 Å². The second-order valence-electron chi connectivity index (χ2n) is 5.11. The highest BCUT2D eigenvalue weighted by Crippen LogP contribution is 2.42. The minimum absolute atomic E-state index is 0.163. The summed E-state index contributed by atoms with van der Waals surface area (Å²) < 4.78 is 6.01. The third kappa shape index (κ3) is 2.66. The van der Waals surface area contributed by atoms with Gasteiger partial charge in [-0.1, -0.05) is 12.2 Å². The van der Waals surface area contributed by atoms with E-state index in [1.165, 1.54) is 10.4 Å². The lowest BCUT2D eigenvalue weighted by Gasteiger charge is -2.18. The van der Waals surface area contributed by atoms with Gasteiger partial charge in [0.2, 0.25) is 0 Å². The molecule has 1 unspecified atom stereocenters. The first-order chi connectivity index (χ1) is 10.1. The van der Waals surface area contributed by atoms with E-state index in [1.54, 1.807) is 23.8 Å². The van der Waals surface area contributed by atoms with Crippen LogP contribution in [-0.2, 0) is 6.42 Å². The molecular formula is C15H17N3OS2. The van der Waals surface area contributed by atoms with E-state index in [4.69, 9.17) is 28.4 Å². The van der Waals surface area contributed by atoms with Gasteiger partial charge in [0.15, 0.2) is 5.06 Å². The van der Waals surface area contributed by atoms with Crippen LogP contribution in [0.5, 0.6) is 5.06 Å². The Morgan fingerprint density at radius 1 is 1.48 bits per heavy atom. The molecule has 0 aromatic carbocycles. The van der Waals surface area contributed by atoms with Crippen molar-refractivity contribution < 1.29 is 4.74 Å². The molecule has 0 fully saturated rings. The van der Waals surface area contributed by atoms with Crippen molar-refractivity contribution in [2.24, 2.45) is 16.5 Å². The zero-order chi connectivity index (χ0) is 15.0. The minimum Gasteiger partial charge on any atom is -0.445 e. The summed E-state index contributed by atoms with van der Waals surface area (Å²) in [5, 5.41) is 0.833. The second kappa shape index (κ2) is 5.71. The highest BCUT2D eigenvalue weighted by molar-refractivity contribution is 7.81. The number of dihydropyridines is 1. The van der Waals surface area contributed by atoms with Gasteiger partial charge in [-0.05, 0) is 43.2 Å². The quantitative estimate of drug-likeness (QED) is 0.649. The molecule has 2 aliphatic rings. The van der Waals surface area contributed by atoms with E-state index in [2.05, 4.69) is 11.9 Å². The van der Waals surface area contributed by atoms with E-state index in [0.717, 1.165) is 39.7 Å². The SMILES string of the molecule is Cc1sc(OC2=CCC(N)N=C2)c2c1CCC(=CN)C2=S. The molecule has 0 radical (unpaired) electrons. The molecule has 110 valence electrons. The van der Waals surface area contributed by atoms with Gasteiger partial charge in [0.25, 0.3) is 0 Å². The van der Waals surface area contributed by atoms with E-state index >= 15 is 0 Å². The number of aliphatic imine (C=N–C) groups is 1. The number of ether oxygens (including phenoxy) is 1. The smallest absolute Gasteiger partial charge is 0.190 e. The molecule has 1 aliphatic heterocycles. The number of thiophene rings is 1. The van der Waals surface area contributed by atoms with Gasteiger partial charge >= 0.3 is 0 Å². The Morgan fingerprint density at radius 2 is 2.29 bits per heavy atom. The Labute approximate surface area is 133 Å².